The minimum atomic E-state index is 0.612. The molecule has 2 aromatic rings. The molecule has 0 radical (unpaired) electrons. The van der Waals surface area contributed by atoms with Gasteiger partial charge in [-0.15, -0.1) is 0 Å². The fraction of sp³-hybridized carbons (Fsp3) is 0.556. The van der Waals surface area contributed by atoms with E-state index < -0.39 is 0 Å². The normalized spacial score (nSPS) is 23.0. The molecule has 4 rings (SSSR count). The summed E-state index contributed by atoms with van der Waals surface area (Å²) in [6.07, 6.45) is 1.28. The van der Waals surface area contributed by atoms with Crippen molar-refractivity contribution < 1.29 is 4.52 Å². The average molecular weight is 327 g/mol. The Balaban J connectivity index is 1.32. The molecule has 1 N–H and O–H groups in total. The highest BCUT2D eigenvalue weighted by molar-refractivity contribution is 5.53. The van der Waals surface area contributed by atoms with Crippen molar-refractivity contribution in [3.05, 3.63) is 35.7 Å². The van der Waals surface area contributed by atoms with Gasteiger partial charge in [-0.2, -0.15) is 4.98 Å². The first kappa shape index (κ1) is 15.7. The van der Waals surface area contributed by atoms with Gasteiger partial charge in [-0.05, 0) is 32.0 Å². The van der Waals surface area contributed by atoms with Gasteiger partial charge in [0.15, 0.2) is 5.82 Å². The van der Waals surface area contributed by atoms with Gasteiger partial charge in [0, 0.05) is 44.3 Å². The summed E-state index contributed by atoms with van der Waals surface area (Å²) in [6.45, 7) is 9.57. The lowest BCUT2D eigenvalue weighted by Gasteiger charge is -2.37. The van der Waals surface area contributed by atoms with E-state index in [9.17, 15) is 0 Å². The maximum Gasteiger partial charge on any atom is 0.257 e. The van der Waals surface area contributed by atoms with Gasteiger partial charge in [-0.25, -0.2) is 0 Å². The Morgan fingerprint density at radius 2 is 1.96 bits per heavy atom. The largest absolute Gasteiger partial charge is 0.334 e. The summed E-state index contributed by atoms with van der Waals surface area (Å²) in [6, 6.07) is 8.92. The molecule has 128 valence electrons. The van der Waals surface area contributed by atoms with Gasteiger partial charge in [-0.3, -0.25) is 9.80 Å². The number of piperazine rings is 1. The molecule has 0 unspecified atom stereocenters. The van der Waals surface area contributed by atoms with E-state index in [-0.39, 0.29) is 0 Å². The fourth-order valence-electron chi connectivity index (χ4n) is 3.57. The first-order valence-electron chi connectivity index (χ1n) is 8.85. The second-order valence-corrected chi connectivity index (χ2v) is 6.84. The molecule has 2 aliphatic heterocycles. The average Bonchev–Trinajstić information content (AvgIpc) is 3.28. The molecule has 2 saturated heterocycles. The van der Waals surface area contributed by atoms with E-state index in [4.69, 9.17) is 4.52 Å². The third-order valence-electron chi connectivity index (χ3n) is 5.09. The van der Waals surface area contributed by atoms with Gasteiger partial charge in [0.1, 0.15) is 0 Å². The van der Waals surface area contributed by atoms with E-state index in [1.54, 1.807) is 0 Å². The number of nitrogens with one attached hydrogen (secondary N) is 1. The van der Waals surface area contributed by atoms with E-state index in [0.717, 1.165) is 63.2 Å². The molecule has 0 bridgehead atoms. The Kier molecular flexibility index (Phi) is 4.60. The van der Waals surface area contributed by atoms with Crippen LogP contribution in [0, 0.1) is 6.92 Å². The van der Waals surface area contributed by atoms with Gasteiger partial charge in [0.2, 0.25) is 0 Å². The van der Waals surface area contributed by atoms with Crippen molar-refractivity contribution in [2.75, 3.05) is 39.3 Å². The predicted octanol–water partition coefficient (Wildman–Crippen LogP) is 1.52. The minimum Gasteiger partial charge on any atom is -0.334 e. The maximum atomic E-state index is 5.43. The molecular weight excluding hydrogens is 302 g/mol. The molecule has 2 aliphatic rings. The Morgan fingerprint density at radius 3 is 2.67 bits per heavy atom. The smallest absolute Gasteiger partial charge is 0.257 e. The van der Waals surface area contributed by atoms with Crippen LogP contribution in [0.25, 0.3) is 11.5 Å². The number of benzene rings is 1. The molecule has 24 heavy (non-hydrogen) atoms. The predicted molar refractivity (Wildman–Crippen MR) is 92.6 cm³/mol. The summed E-state index contributed by atoms with van der Waals surface area (Å²) in [5.74, 6) is 1.39. The van der Waals surface area contributed by atoms with Crippen LogP contribution >= 0.6 is 0 Å². The van der Waals surface area contributed by atoms with Crippen molar-refractivity contribution in [1.82, 2.24) is 25.3 Å². The monoisotopic (exact) mass is 327 g/mol. The molecule has 6 nitrogen and oxygen atoms in total. The first-order chi connectivity index (χ1) is 11.8. The molecule has 0 saturated carbocycles. The molecular formula is C18H25N5O. The van der Waals surface area contributed by atoms with Gasteiger partial charge in [0.25, 0.3) is 5.89 Å². The molecule has 1 atom stereocenters. The lowest BCUT2D eigenvalue weighted by molar-refractivity contribution is 0.0959. The van der Waals surface area contributed by atoms with Crippen LogP contribution in [0.1, 0.15) is 17.8 Å². The second-order valence-electron chi connectivity index (χ2n) is 6.84. The highest BCUT2D eigenvalue weighted by Crippen LogP contribution is 2.19. The highest BCUT2D eigenvalue weighted by atomic mass is 16.5. The number of hydrogen-bond donors (Lipinski definition) is 1. The minimum absolute atomic E-state index is 0.612. The van der Waals surface area contributed by atoms with E-state index in [1.807, 2.05) is 12.1 Å². The van der Waals surface area contributed by atoms with Crippen LogP contribution in [0.3, 0.4) is 0 Å². The molecule has 0 spiro atoms. The van der Waals surface area contributed by atoms with E-state index >= 15 is 0 Å². The second kappa shape index (κ2) is 7.01. The number of hydrogen-bond acceptors (Lipinski definition) is 6. The zero-order chi connectivity index (χ0) is 16.4. The summed E-state index contributed by atoms with van der Waals surface area (Å²) in [5.41, 5.74) is 2.21. The standard InChI is InChI=1S/C18H25N5O/c1-14-2-4-15(5-3-14)18-20-17(21-24-18)13-22-8-10-23(11-9-22)16-6-7-19-12-16/h2-5,16,19H,6-13H2,1H3/t16-/m1/s1. The van der Waals surface area contributed by atoms with Crippen molar-refractivity contribution in [2.45, 2.75) is 25.9 Å². The van der Waals surface area contributed by atoms with Gasteiger partial charge >= 0.3 is 0 Å². The molecule has 2 fully saturated rings. The highest BCUT2D eigenvalue weighted by Gasteiger charge is 2.26. The molecule has 6 heteroatoms. The SMILES string of the molecule is Cc1ccc(-c2nc(CN3CCN([C@@H]4CCNC4)CC3)no2)cc1. The van der Waals surface area contributed by atoms with Gasteiger partial charge in [-0.1, -0.05) is 22.9 Å². The lowest BCUT2D eigenvalue weighted by Crippen LogP contribution is -2.50. The van der Waals surface area contributed by atoms with Crippen LogP contribution < -0.4 is 5.32 Å². The van der Waals surface area contributed by atoms with Crippen LogP contribution in [0.2, 0.25) is 0 Å². The lowest BCUT2D eigenvalue weighted by atomic mass is 10.1. The summed E-state index contributed by atoms with van der Waals surface area (Å²) >= 11 is 0. The number of aryl methyl sites for hydroxylation is 1. The van der Waals surface area contributed by atoms with Crippen LogP contribution in [0.4, 0.5) is 0 Å². The fourth-order valence-corrected chi connectivity index (χ4v) is 3.57. The third-order valence-corrected chi connectivity index (χ3v) is 5.09. The molecule has 0 aliphatic carbocycles. The Morgan fingerprint density at radius 1 is 1.17 bits per heavy atom. The topological polar surface area (TPSA) is 57.4 Å². The summed E-state index contributed by atoms with van der Waals surface area (Å²) in [4.78, 5) is 9.59. The van der Waals surface area contributed by atoms with Crippen molar-refractivity contribution in [3.8, 4) is 11.5 Å². The van der Waals surface area contributed by atoms with Crippen LogP contribution in [-0.2, 0) is 6.54 Å². The Bertz CT molecular complexity index is 654. The molecule has 0 amide bonds. The van der Waals surface area contributed by atoms with E-state index in [0.29, 0.717) is 5.89 Å². The zero-order valence-electron chi connectivity index (χ0n) is 14.2. The summed E-state index contributed by atoms with van der Waals surface area (Å²) < 4.78 is 5.43. The van der Waals surface area contributed by atoms with E-state index in [1.165, 1.54) is 12.0 Å². The number of aromatic nitrogens is 2. The Hall–Kier alpha value is -1.76. The van der Waals surface area contributed by atoms with Crippen molar-refractivity contribution >= 4 is 0 Å². The van der Waals surface area contributed by atoms with E-state index in [2.05, 4.69) is 44.3 Å². The first-order valence-corrected chi connectivity index (χ1v) is 8.85. The Labute approximate surface area is 142 Å². The van der Waals surface area contributed by atoms with Crippen molar-refractivity contribution in [3.63, 3.8) is 0 Å². The summed E-state index contributed by atoms with van der Waals surface area (Å²) in [7, 11) is 0. The third kappa shape index (κ3) is 3.50. The molecule has 1 aromatic heterocycles. The maximum absolute atomic E-state index is 5.43. The van der Waals surface area contributed by atoms with Gasteiger partial charge in [0.05, 0.1) is 6.54 Å². The molecule has 1 aromatic carbocycles. The quantitative estimate of drug-likeness (QED) is 0.919. The zero-order valence-corrected chi connectivity index (χ0v) is 14.2. The summed E-state index contributed by atoms with van der Waals surface area (Å²) in [5, 5.41) is 7.61. The van der Waals surface area contributed by atoms with Crippen LogP contribution in [-0.4, -0.2) is 65.3 Å². The van der Waals surface area contributed by atoms with Gasteiger partial charge < -0.3 is 9.84 Å². The van der Waals surface area contributed by atoms with Crippen molar-refractivity contribution in [2.24, 2.45) is 0 Å². The number of rotatable bonds is 4. The number of nitrogens with zero attached hydrogens (tertiary/aromatic N) is 4. The van der Waals surface area contributed by atoms with Crippen molar-refractivity contribution in [1.29, 1.82) is 0 Å². The van der Waals surface area contributed by atoms with Crippen LogP contribution in [0.5, 0.6) is 0 Å². The van der Waals surface area contributed by atoms with Crippen LogP contribution in [0.15, 0.2) is 28.8 Å². The molecule has 3 heterocycles.